The van der Waals surface area contributed by atoms with Crippen molar-refractivity contribution in [1.29, 1.82) is 0 Å². The molecule has 0 spiro atoms. The van der Waals surface area contributed by atoms with Crippen LogP contribution < -0.4 is 0 Å². The topological polar surface area (TPSA) is 40.6 Å². The van der Waals surface area contributed by atoms with E-state index in [4.69, 9.17) is 0 Å². The normalized spacial score (nSPS) is 21.5. The highest BCUT2D eigenvalue weighted by Crippen LogP contribution is 2.31. The molecule has 0 saturated carbocycles. The van der Waals surface area contributed by atoms with Crippen molar-refractivity contribution in [3.8, 4) is 0 Å². The predicted octanol–water partition coefficient (Wildman–Crippen LogP) is 1.41. The third-order valence-corrected chi connectivity index (χ3v) is 5.31. The molecule has 1 aromatic rings. The lowest BCUT2D eigenvalue weighted by Crippen LogP contribution is -2.44. The Morgan fingerprint density at radius 1 is 1.29 bits per heavy atom. The van der Waals surface area contributed by atoms with Crippen LogP contribution >= 0.6 is 0 Å². The fraction of sp³-hybridized carbons (Fsp3) is 0.500. The summed E-state index contributed by atoms with van der Waals surface area (Å²) in [6.45, 7) is 2.50. The maximum Gasteiger partial charge on any atom is 0.282 e. The van der Waals surface area contributed by atoms with Gasteiger partial charge in [0.05, 0.1) is 0 Å². The first-order valence-electron chi connectivity index (χ1n) is 5.71. The average Bonchev–Trinajstić information content (AvgIpc) is 2.29. The van der Waals surface area contributed by atoms with E-state index < -0.39 is 10.2 Å². The van der Waals surface area contributed by atoms with Gasteiger partial charge in [0.1, 0.15) is 0 Å². The van der Waals surface area contributed by atoms with Gasteiger partial charge in [-0.15, -0.1) is 0 Å². The molecule has 1 aliphatic heterocycles. The van der Waals surface area contributed by atoms with Crippen LogP contribution in [-0.2, 0) is 16.6 Å². The molecule has 1 unspecified atom stereocenters. The molecule has 0 saturated heterocycles. The van der Waals surface area contributed by atoms with E-state index in [-0.39, 0.29) is 6.04 Å². The van der Waals surface area contributed by atoms with Crippen LogP contribution in [0.3, 0.4) is 0 Å². The molecule has 94 valence electrons. The first kappa shape index (κ1) is 12.5. The van der Waals surface area contributed by atoms with Gasteiger partial charge in [0, 0.05) is 26.7 Å². The molecule has 0 N–H and O–H groups in total. The number of nitrogens with zero attached hydrogens (tertiary/aromatic N) is 2. The summed E-state index contributed by atoms with van der Waals surface area (Å²) in [5.41, 5.74) is 2.37. The summed E-state index contributed by atoms with van der Waals surface area (Å²) < 4.78 is 27.2. The lowest BCUT2D eigenvalue weighted by atomic mass is 9.96. The van der Waals surface area contributed by atoms with E-state index in [1.54, 1.807) is 18.4 Å². The lowest BCUT2D eigenvalue weighted by Gasteiger charge is -2.35. The van der Waals surface area contributed by atoms with Crippen LogP contribution in [-0.4, -0.2) is 37.7 Å². The number of benzene rings is 1. The summed E-state index contributed by atoms with van der Waals surface area (Å²) >= 11 is 0. The Morgan fingerprint density at radius 3 is 2.59 bits per heavy atom. The summed E-state index contributed by atoms with van der Waals surface area (Å²) in [6, 6.07) is 7.96. The Balaban J connectivity index is 2.39. The Kier molecular flexibility index (Phi) is 3.25. The third kappa shape index (κ3) is 2.10. The predicted molar refractivity (Wildman–Crippen MR) is 67.9 cm³/mol. The molecule has 0 fully saturated rings. The number of hydrogen-bond acceptors (Lipinski definition) is 2. The Hall–Kier alpha value is -0.910. The smallest absolute Gasteiger partial charge is 0.195 e. The van der Waals surface area contributed by atoms with Crippen molar-refractivity contribution in [1.82, 2.24) is 8.61 Å². The minimum atomic E-state index is -3.33. The van der Waals surface area contributed by atoms with Crippen molar-refractivity contribution < 1.29 is 8.42 Å². The standard InChI is InChI=1S/C12H18N2O2S/c1-10-12-7-5-4-6-11(12)8-9-14(10)17(15,16)13(2)3/h4-7,10H,8-9H2,1-3H3. The van der Waals surface area contributed by atoms with E-state index >= 15 is 0 Å². The van der Waals surface area contributed by atoms with Gasteiger partial charge < -0.3 is 0 Å². The fourth-order valence-corrected chi connectivity index (χ4v) is 3.53. The number of rotatable bonds is 2. The lowest BCUT2D eigenvalue weighted by molar-refractivity contribution is 0.304. The molecule has 1 aliphatic rings. The molecular formula is C12H18N2O2S. The largest absolute Gasteiger partial charge is 0.282 e. The zero-order valence-electron chi connectivity index (χ0n) is 10.4. The van der Waals surface area contributed by atoms with E-state index in [2.05, 4.69) is 6.07 Å². The first-order valence-corrected chi connectivity index (χ1v) is 7.11. The molecule has 1 heterocycles. The quantitative estimate of drug-likeness (QED) is 0.800. The highest BCUT2D eigenvalue weighted by Gasteiger charge is 2.33. The van der Waals surface area contributed by atoms with Gasteiger partial charge in [-0.1, -0.05) is 24.3 Å². The highest BCUT2D eigenvalue weighted by molar-refractivity contribution is 7.86. The summed E-state index contributed by atoms with van der Waals surface area (Å²) in [4.78, 5) is 0. The Bertz CT molecular complexity index is 511. The number of fused-ring (bicyclic) bond motifs is 1. The zero-order valence-corrected chi connectivity index (χ0v) is 11.2. The van der Waals surface area contributed by atoms with Crippen LogP contribution in [0.1, 0.15) is 24.1 Å². The maximum atomic E-state index is 12.2. The second-order valence-electron chi connectivity index (χ2n) is 4.53. The molecule has 1 aromatic carbocycles. The average molecular weight is 254 g/mol. The molecule has 0 bridgehead atoms. The van der Waals surface area contributed by atoms with E-state index in [1.165, 1.54) is 9.87 Å². The SMILES string of the molecule is CC1c2ccccc2CCN1S(=O)(=O)N(C)C. The van der Waals surface area contributed by atoms with Gasteiger partial charge in [-0.25, -0.2) is 0 Å². The molecule has 0 radical (unpaired) electrons. The molecule has 2 rings (SSSR count). The summed E-state index contributed by atoms with van der Waals surface area (Å²) in [5.74, 6) is 0. The molecule has 0 aliphatic carbocycles. The van der Waals surface area contributed by atoms with Crippen molar-refractivity contribution in [3.05, 3.63) is 35.4 Å². The van der Waals surface area contributed by atoms with E-state index in [0.717, 1.165) is 12.0 Å². The van der Waals surface area contributed by atoms with Crippen molar-refractivity contribution in [3.63, 3.8) is 0 Å². The van der Waals surface area contributed by atoms with Gasteiger partial charge in [-0.05, 0) is 24.5 Å². The monoisotopic (exact) mass is 254 g/mol. The van der Waals surface area contributed by atoms with E-state index in [9.17, 15) is 8.42 Å². The summed E-state index contributed by atoms with van der Waals surface area (Å²) in [6.07, 6.45) is 0.785. The van der Waals surface area contributed by atoms with Gasteiger partial charge in [0.15, 0.2) is 0 Å². The second-order valence-corrected chi connectivity index (χ2v) is 6.62. The fourth-order valence-electron chi connectivity index (χ4n) is 2.27. The molecule has 17 heavy (non-hydrogen) atoms. The van der Waals surface area contributed by atoms with Crippen molar-refractivity contribution in [2.75, 3.05) is 20.6 Å². The van der Waals surface area contributed by atoms with Gasteiger partial charge in [-0.2, -0.15) is 17.0 Å². The van der Waals surface area contributed by atoms with Crippen LogP contribution in [0.25, 0.3) is 0 Å². The van der Waals surface area contributed by atoms with Gasteiger partial charge in [-0.3, -0.25) is 0 Å². The zero-order chi connectivity index (χ0) is 12.6. The molecule has 0 amide bonds. The van der Waals surface area contributed by atoms with Gasteiger partial charge in [0.2, 0.25) is 0 Å². The number of hydrogen-bond donors (Lipinski definition) is 0. The van der Waals surface area contributed by atoms with Crippen LogP contribution in [0.5, 0.6) is 0 Å². The van der Waals surface area contributed by atoms with Crippen LogP contribution in [0, 0.1) is 0 Å². The van der Waals surface area contributed by atoms with Gasteiger partial charge in [0.25, 0.3) is 10.2 Å². The van der Waals surface area contributed by atoms with Crippen molar-refractivity contribution in [2.24, 2.45) is 0 Å². The van der Waals surface area contributed by atoms with E-state index in [0.29, 0.717) is 6.54 Å². The molecule has 0 aromatic heterocycles. The summed E-state index contributed by atoms with van der Waals surface area (Å²) in [7, 11) is -0.181. The minimum Gasteiger partial charge on any atom is -0.195 e. The highest BCUT2D eigenvalue weighted by atomic mass is 32.2. The maximum absolute atomic E-state index is 12.2. The first-order chi connectivity index (χ1) is 7.94. The molecular weight excluding hydrogens is 236 g/mol. The summed E-state index contributed by atoms with van der Waals surface area (Å²) in [5, 5.41) is 0. The molecule has 5 heteroatoms. The van der Waals surface area contributed by atoms with Crippen LogP contribution in [0.15, 0.2) is 24.3 Å². The second kappa shape index (κ2) is 4.40. The Morgan fingerprint density at radius 2 is 1.94 bits per heavy atom. The van der Waals surface area contributed by atoms with E-state index in [1.807, 2.05) is 25.1 Å². The van der Waals surface area contributed by atoms with Crippen molar-refractivity contribution >= 4 is 10.2 Å². The molecule has 1 atom stereocenters. The van der Waals surface area contributed by atoms with Crippen LogP contribution in [0.4, 0.5) is 0 Å². The minimum absolute atomic E-state index is 0.0904. The van der Waals surface area contributed by atoms with Crippen molar-refractivity contribution in [2.45, 2.75) is 19.4 Å². The molecule has 4 nitrogen and oxygen atoms in total. The van der Waals surface area contributed by atoms with Gasteiger partial charge >= 0.3 is 0 Å². The Labute approximate surface area is 103 Å². The third-order valence-electron chi connectivity index (χ3n) is 3.30. The van der Waals surface area contributed by atoms with Crippen LogP contribution in [0.2, 0.25) is 0 Å².